The zero-order valence-corrected chi connectivity index (χ0v) is 17.1. The minimum atomic E-state index is -0.205. The first-order valence-electron chi connectivity index (χ1n) is 9.49. The minimum Gasteiger partial charge on any atom is -0.466 e. The Labute approximate surface area is 172 Å². The van der Waals surface area contributed by atoms with Gasteiger partial charge >= 0.3 is 11.9 Å². The molecule has 0 bridgehead atoms. The van der Waals surface area contributed by atoms with E-state index in [-0.39, 0.29) is 36.2 Å². The van der Waals surface area contributed by atoms with Gasteiger partial charge in [0.2, 0.25) is 0 Å². The van der Waals surface area contributed by atoms with Crippen LogP contribution in [0, 0.1) is 11.8 Å². The molecule has 1 aliphatic rings. The molecule has 156 valence electrons. The van der Waals surface area contributed by atoms with Crippen molar-refractivity contribution in [1.29, 1.82) is 0 Å². The maximum atomic E-state index is 12.4. The smallest absolute Gasteiger partial charge is 0.314 e. The van der Waals surface area contributed by atoms with Gasteiger partial charge in [0.25, 0.3) is 0 Å². The molecule has 0 saturated heterocycles. The predicted molar refractivity (Wildman–Crippen MR) is 110 cm³/mol. The maximum absolute atomic E-state index is 12.4. The molecule has 1 aromatic carbocycles. The summed E-state index contributed by atoms with van der Waals surface area (Å²) in [4.78, 5) is 27.8. The van der Waals surface area contributed by atoms with Gasteiger partial charge in [-0.15, -0.1) is 12.4 Å². The lowest BCUT2D eigenvalue weighted by Crippen LogP contribution is -2.28. The number of aryl methyl sites for hydroxylation is 1. The number of benzene rings is 1. The first-order chi connectivity index (χ1) is 13.0. The van der Waals surface area contributed by atoms with Crippen LogP contribution in [0.4, 0.5) is 0 Å². The number of guanidine groups is 1. The van der Waals surface area contributed by atoms with Crippen LogP contribution in [-0.2, 0) is 20.7 Å². The largest absolute Gasteiger partial charge is 0.466 e. The Morgan fingerprint density at radius 2 is 1.75 bits per heavy atom. The van der Waals surface area contributed by atoms with E-state index < -0.39 is 0 Å². The van der Waals surface area contributed by atoms with Crippen LogP contribution in [-0.4, -0.2) is 31.0 Å². The van der Waals surface area contributed by atoms with Gasteiger partial charge in [-0.1, -0.05) is 12.1 Å². The fraction of sp³-hybridized carbons (Fsp3) is 0.550. The molecule has 0 spiro atoms. The normalized spacial score (nSPS) is 18.5. The summed E-state index contributed by atoms with van der Waals surface area (Å²) < 4.78 is 10.4. The topological polar surface area (TPSA) is 117 Å². The minimum absolute atomic E-state index is 0. The summed E-state index contributed by atoms with van der Waals surface area (Å²) in [5, 5.41) is 0. The standard InChI is InChI=1S/C20H29N3O4.ClH/c1-2-26-18(24)12-7-14-5-10-17(11-6-14)27-19(25)16-8-3-15(4-9-16)13-23-20(21)22;/h5-6,10-11,15-16H,2-4,7-9,12-13H2,1H3,(H4,21,22,23);1H. The lowest BCUT2D eigenvalue weighted by atomic mass is 9.82. The molecule has 0 heterocycles. The Hall–Kier alpha value is -2.28. The number of hydrogen-bond donors (Lipinski definition) is 2. The Kier molecular flexibility index (Phi) is 10.4. The maximum Gasteiger partial charge on any atom is 0.314 e. The van der Waals surface area contributed by atoms with Gasteiger partial charge in [-0.3, -0.25) is 14.6 Å². The van der Waals surface area contributed by atoms with Crippen LogP contribution in [0.1, 0.15) is 44.6 Å². The van der Waals surface area contributed by atoms with E-state index in [1.807, 2.05) is 12.1 Å². The van der Waals surface area contributed by atoms with Crippen molar-refractivity contribution >= 4 is 30.3 Å². The molecule has 8 heteroatoms. The molecular weight excluding hydrogens is 382 g/mol. The molecule has 0 unspecified atom stereocenters. The van der Waals surface area contributed by atoms with Crippen molar-refractivity contribution in [2.45, 2.75) is 45.4 Å². The van der Waals surface area contributed by atoms with Crippen LogP contribution in [0.2, 0.25) is 0 Å². The van der Waals surface area contributed by atoms with E-state index in [0.717, 1.165) is 31.2 Å². The van der Waals surface area contributed by atoms with E-state index in [4.69, 9.17) is 20.9 Å². The van der Waals surface area contributed by atoms with Crippen molar-refractivity contribution in [2.24, 2.45) is 28.3 Å². The monoisotopic (exact) mass is 411 g/mol. The van der Waals surface area contributed by atoms with Crippen LogP contribution in [0.5, 0.6) is 5.75 Å². The van der Waals surface area contributed by atoms with Crippen molar-refractivity contribution in [3.8, 4) is 5.75 Å². The number of carbonyl (C=O) groups excluding carboxylic acids is 2. The zero-order valence-electron chi connectivity index (χ0n) is 16.3. The molecule has 0 aliphatic heterocycles. The van der Waals surface area contributed by atoms with Crippen LogP contribution in [0.25, 0.3) is 0 Å². The van der Waals surface area contributed by atoms with Crippen LogP contribution < -0.4 is 16.2 Å². The number of hydrogen-bond acceptors (Lipinski definition) is 5. The number of esters is 2. The van der Waals surface area contributed by atoms with Crippen molar-refractivity contribution < 1.29 is 19.1 Å². The number of rotatable bonds is 8. The summed E-state index contributed by atoms with van der Waals surface area (Å²) in [6, 6.07) is 7.27. The Bertz CT molecular complexity index is 652. The number of halogens is 1. The molecule has 28 heavy (non-hydrogen) atoms. The Balaban J connectivity index is 0.00000392. The summed E-state index contributed by atoms with van der Waals surface area (Å²) in [6.45, 7) is 2.80. The SMILES string of the molecule is CCOC(=O)CCc1ccc(OC(=O)C2CCC(CN=C(N)N)CC2)cc1.Cl. The third-order valence-corrected chi connectivity index (χ3v) is 4.78. The van der Waals surface area contributed by atoms with E-state index in [2.05, 4.69) is 4.99 Å². The van der Waals surface area contributed by atoms with Gasteiger partial charge in [0.1, 0.15) is 5.75 Å². The van der Waals surface area contributed by atoms with Crippen molar-refractivity contribution in [3.05, 3.63) is 29.8 Å². The van der Waals surface area contributed by atoms with Crippen molar-refractivity contribution in [1.82, 2.24) is 0 Å². The second kappa shape index (κ2) is 12.2. The molecule has 1 saturated carbocycles. The lowest BCUT2D eigenvalue weighted by molar-refractivity contribution is -0.143. The fourth-order valence-corrected chi connectivity index (χ4v) is 3.22. The van der Waals surface area contributed by atoms with Gasteiger partial charge in [0.05, 0.1) is 12.5 Å². The molecule has 1 aromatic rings. The van der Waals surface area contributed by atoms with E-state index in [9.17, 15) is 9.59 Å². The summed E-state index contributed by atoms with van der Waals surface area (Å²) in [5.74, 6) is 0.599. The van der Waals surface area contributed by atoms with Crippen LogP contribution in [0.15, 0.2) is 29.3 Å². The highest BCUT2D eigenvalue weighted by atomic mass is 35.5. The van der Waals surface area contributed by atoms with Gasteiger partial charge in [0, 0.05) is 13.0 Å². The fourth-order valence-electron chi connectivity index (χ4n) is 3.22. The van der Waals surface area contributed by atoms with Gasteiger partial charge in [-0.05, 0) is 62.6 Å². The second-order valence-electron chi connectivity index (χ2n) is 6.85. The van der Waals surface area contributed by atoms with E-state index in [1.165, 1.54) is 0 Å². The molecule has 1 fully saturated rings. The summed E-state index contributed by atoms with van der Waals surface area (Å²) in [7, 11) is 0. The number of nitrogens with two attached hydrogens (primary N) is 2. The highest BCUT2D eigenvalue weighted by Crippen LogP contribution is 2.30. The molecular formula is C20H30ClN3O4. The predicted octanol–water partition coefficient (Wildman–Crippen LogP) is 2.59. The summed E-state index contributed by atoms with van der Waals surface area (Å²) >= 11 is 0. The highest BCUT2D eigenvalue weighted by Gasteiger charge is 2.27. The molecule has 0 amide bonds. The first kappa shape index (κ1) is 23.8. The van der Waals surface area contributed by atoms with Gasteiger partial charge in [0.15, 0.2) is 5.96 Å². The van der Waals surface area contributed by atoms with Crippen molar-refractivity contribution in [2.75, 3.05) is 13.2 Å². The molecule has 0 aromatic heterocycles. The third-order valence-electron chi connectivity index (χ3n) is 4.78. The Morgan fingerprint density at radius 3 is 2.32 bits per heavy atom. The van der Waals surface area contributed by atoms with E-state index in [1.54, 1.807) is 19.1 Å². The molecule has 1 aliphatic carbocycles. The molecule has 0 radical (unpaired) electrons. The lowest BCUT2D eigenvalue weighted by Gasteiger charge is -2.26. The van der Waals surface area contributed by atoms with Crippen molar-refractivity contribution in [3.63, 3.8) is 0 Å². The van der Waals surface area contributed by atoms with E-state index in [0.29, 0.717) is 37.7 Å². The summed E-state index contributed by atoms with van der Waals surface area (Å²) in [5.41, 5.74) is 11.7. The third kappa shape index (κ3) is 8.17. The van der Waals surface area contributed by atoms with Gasteiger partial charge in [-0.25, -0.2) is 0 Å². The quantitative estimate of drug-likeness (QED) is 0.294. The Morgan fingerprint density at radius 1 is 1.11 bits per heavy atom. The number of carbonyl (C=O) groups is 2. The molecule has 7 nitrogen and oxygen atoms in total. The van der Waals surface area contributed by atoms with E-state index >= 15 is 0 Å². The van der Waals surface area contributed by atoms with Gasteiger partial charge in [-0.2, -0.15) is 0 Å². The first-order valence-corrected chi connectivity index (χ1v) is 9.49. The van der Waals surface area contributed by atoms with Crippen LogP contribution >= 0.6 is 12.4 Å². The summed E-state index contributed by atoms with van der Waals surface area (Å²) in [6.07, 6.45) is 4.37. The average Bonchev–Trinajstić information content (AvgIpc) is 2.66. The molecule has 4 N–H and O–H groups in total. The van der Waals surface area contributed by atoms with Gasteiger partial charge < -0.3 is 20.9 Å². The van der Waals surface area contributed by atoms with Crippen LogP contribution in [0.3, 0.4) is 0 Å². The highest BCUT2D eigenvalue weighted by molar-refractivity contribution is 5.85. The average molecular weight is 412 g/mol. The number of aliphatic imine (C=N–C) groups is 1. The number of ether oxygens (including phenoxy) is 2. The molecule has 0 atom stereocenters. The second-order valence-corrected chi connectivity index (χ2v) is 6.85. The zero-order chi connectivity index (χ0) is 19.6. The number of nitrogens with zero attached hydrogens (tertiary/aromatic N) is 1. The molecule has 2 rings (SSSR count).